The molecule has 6 heteroatoms. The summed E-state index contributed by atoms with van der Waals surface area (Å²) in [7, 11) is -2.49. The molecule has 14 heavy (non-hydrogen) atoms. The fourth-order valence-electron chi connectivity index (χ4n) is 0.973. The van der Waals surface area contributed by atoms with Crippen LogP contribution in [0.5, 0.6) is 0 Å². The quantitative estimate of drug-likeness (QED) is 0.578. The van der Waals surface area contributed by atoms with Crippen molar-refractivity contribution in [2.45, 2.75) is 12.4 Å². The van der Waals surface area contributed by atoms with Gasteiger partial charge in [0, 0.05) is 0 Å². The number of ether oxygens (including phenoxy) is 1. The Morgan fingerprint density at radius 3 is 2.71 bits per heavy atom. The standard InChI is InChI=1S/C8H9F3O2S/c1-2-13-7(12)6-4-3-5-14(6)8(9,10)11/h3-5,14H,2H2,1H3. The smallest absolute Gasteiger partial charge is 0.430 e. The first-order valence-corrected chi connectivity index (χ1v) is 5.29. The van der Waals surface area contributed by atoms with Gasteiger partial charge in [-0.2, -0.15) is 13.2 Å². The van der Waals surface area contributed by atoms with Gasteiger partial charge in [-0.25, -0.2) is 4.79 Å². The third-order valence-electron chi connectivity index (χ3n) is 1.51. The van der Waals surface area contributed by atoms with Crippen molar-refractivity contribution in [1.82, 2.24) is 0 Å². The van der Waals surface area contributed by atoms with Gasteiger partial charge in [0.2, 0.25) is 0 Å². The zero-order valence-corrected chi connectivity index (χ0v) is 8.23. The normalized spacial score (nSPS) is 23.4. The minimum atomic E-state index is -4.36. The van der Waals surface area contributed by atoms with Gasteiger partial charge in [0.25, 0.3) is 0 Å². The summed E-state index contributed by atoms with van der Waals surface area (Å²) in [5, 5.41) is 1.00. The maximum Gasteiger partial charge on any atom is 0.430 e. The van der Waals surface area contributed by atoms with Crippen LogP contribution in [-0.4, -0.2) is 18.1 Å². The van der Waals surface area contributed by atoms with Crippen LogP contribution in [0.15, 0.2) is 22.5 Å². The minimum absolute atomic E-state index is 0.0806. The number of esters is 1. The van der Waals surface area contributed by atoms with Gasteiger partial charge >= 0.3 is 11.5 Å². The van der Waals surface area contributed by atoms with E-state index in [1.165, 1.54) is 6.08 Å². The molecular weight excluding hydrogens is 217 g/mol. The number of hydrogen-bond acceptors (Lipinski definition) is 2. The molecule has 0 aromatic carbocycles. The second kappa shape index (κ2) is 4.08. The molecule has 1 unspecified atom stereocenters. The number of alkyl halides is 3. The minimum Gasteiger partial charge on any atom is -0.462 e. The summed E-state index contributed by atoms with van der Waals surface area (Å²) in [6.45, 7) is 1.63. The highest BCUT2D eigenvalue weighted by molar-refractivity contribution is 8.24. The maximum absolute atomic E-state index is 12.3. The molecule has 0 saturated heterocycles. The van der Waals surface area contributed by atoms with Gasteiger partial charge in [0.05, 0.1) is 11.5 Å². The van der Waals surface area contributed by atoms with Gasteiger partial charge < -0.3 is 4.74 Å². The average molecular weight is 226 g/mol. The first-order chi connectivity index (χ1) is 6.46. The Labute approximate surface area is 81.8 Å². The molecule has 0 radical (unpaired) electrons. The van der Waals surface area contributed by atoms with E-state index in [0.29, 0.717) is 0 Å². The van der Waals surface area contributed by atoms with E-state index in [-0.39, 0.29) is 11.5 Å². The molecule has 1 aliphatic rings. The highest BCUT2D eigenvalue weighted by Crippen LogP contribution is 2.54. The Balaban J connectivity index is 2.77. The largest absolute Gasteiger partial charge is 0.462 e. The van der Waals surface area contributed by atoms with E-state index in [9.17, 15) is 18.0 Å². The molecule has 1 rings (SSSR count). The Kier molecular flexibility index (Phi) is 3.25. The Hall–Kier alpha value is -0.910. The first-order valence-electron chi connectivity index (χ1n) is 3.88. The number of rotatable bonds is 2. The number of carbonyl (C=O) groups excluding carboxylic acids is 1. The van der Waals surface area contributed by atoms with E-state index in [1.807, 2.05) is 0 Å². The van der Waals surface area contributed by atoms with Crippen LogP contribution in [0.1, 0.15) is 6.92 Å². The summed E-state index contributed by atoms with van der Waals surface area (Å²) in [5.74, 6) is -0.874. The molecule has 0 bridgehead atoms. The van der Waals surface area contributed by atoms with Gasteiger partial charge in [0.1, 0.15) is 0 Å². The fraction of sp³-hybridized carbons (Fsp3) is 0.375. The number of allylic oxidation sites excluding steroid dienone is 2. The summed E-state index contributed by atoms with van der Waals surface area (Å²) in [6.07, 6.45) is 2.41. The van der Waals surface area contributed by atoms with Gasteiger partial charge in [-0.15, -0.1) is 10.9 Å². The van der Waals surface area contributed by atoms with Crippen molar-refractivity contribution in [3.05, 3.63) is 22.5 Å². The third-order valence-corrected chi connectivity index (χ3v) is 3.37. The van der Waals surface area contributed by atoms with Crippen molar-refractivity contribution in [3.8, 4) is 0 Å². The monoisotopic (exact) mass is 226 g/mol. The van der Waals surface area contributed by atoms with Crippen LogP contribution in [0.3, 0.4) is 0 Å². The highest BCUT2D eigenvalue weighted by atomic mass is 32.2. The van der Waals surface area contributed by atoms with Crippen LogP contribution >= 0.6 is 10.9 Å². The van der Waals surface area contributed by atoms with Crippen LogP contribution in [0.25, 0.3) is 0 Å². The second-order valence-electron chi connectivity index (χ2n) is 2.45. The van der Waals surface area contributed by atoms with Crippen molar-refractivity contribution in [2.75, 3.05) is 6.61 Å². The molecule has 0 spiro atoms. The molecule has 1 atom stereocenters. The molecular formula is C8H9F3O2S. The third kappa shape index (κ3) is 2.31. The highest BCUT2D eigenvalue weighted by Gasteiger charge is 2.41. The summed E-state index contributed by atoms with van der Waals surface area (Å²) in [6, 6.07) is 0. The van der Waals surface area contributed by atoms with Crippen molar-refractivity contribution < 1.29 is 22.7 Å². The van der Waals surface area contributed by atoms with E-state index in [0.717, 1.165) is 11.5 Å². The molecule has 0 amide bonds. The van der Waals surface area contributed by atoms with Crippen LogP contribution in [0.2, 0.25) is 0 Å². The lowest BCUT2D eigenvalue weighted by Crippen LogP contribution is -2.14. The molecule has 2 nitrogen and oxygen atoms in total. The zero-order chi connectivity index (χ0) is 10.8. The van der Waals surface area contributed by atoms with Crippen LogP contribution in [0, 0.1) is 0 Å². The Morgan fingerprint density at radius 2 is 2.21 bits per heavy atom. The Bertz CT molecular complexity index is 293. The molecule has 0 saturated carbocycles. The van der Waals surface area contributed by atoms with Crippen molar-refractivity contribution in [2.24, 2.45) is 0 Å². The summed E-state index contributed by atoms with van der Waals surface area (Å²) < 4.78 is 41.5. The van der Waals surface area contributed by atoms with E-state index in [2.05, 4.69) is 4.74 Å². The maximum atomic E-state index is 12.3. The van der Waals surface area contributed by atoms with Crippen LogP contribution in [0.4, 0.5) is 13.2 Å². The second-order valence-corrected chi connectivity index (χ2v) is 4.48. The zero-order valence-electron chi connectivity index (χ0n) is 7.34. The van der Waals surface area contributed by atoms with Gasteiger partial charge in [-0.05, 0) is 18.4 Å². The molecule has 0 aliphatic carbocycles. The molecule has 0 aromatic rings. The molecule has 1 aliphatic heterocycles. The fourth-order valence-corrected chi connectivity index (χ4v) is 2.34. The van der Waals surface area contributed by atoms with Gasteiger partial charge in [-0.1, -0.05) is 6.08 Å². The molecule has 80 valence electrons. The van der Waals surface area contributed by atoms with Gasteiger partial charge in [-0.3, -0.25) is 0 Å². The van der Waals surface area contributed by atoms with Crippen LogP contribution in [-0.2, 0) is 9.53 Å². The first kappa shape index (κ1) is 11.2. The molecule has 0 fully saturated rings. The predicted octanol–water partition coefficient (Wildman–Crippen LogP) is 2.48. The van der Waals surface area contributed by atoms with Crippen molar-refractivity contribution >= 4 is 16.9 Å². The van der Waals surface area contributed by atoms with E-state index in [1.54, 1.807) is 6.92 Å². The average Bonchev–Trinajstić information content (AvgIpc) is 2.50. The summed E-state index contributed by atoms with van der Waals surface area (Å²) in [5.41, 5.74) is -4.36. The number of thiol groups is 1. The predicted molar refractivity (Wildman–Crippen MR) is 48.9 cm³/mol. The summed E-state index contributed by atoms with van der Waals surface area (Å²) >= 11 is 0. The lowest BCUT2D eigenvalue weighted by molar-refractivity contribution is -0.137. The Morgan fingerprint density at radius 1 is 1.57 bits per heavy atom. The molecule has 1 heterocycles. The van der Waals surface area contributed by atoms with E-state index >= 15 is 0 Å². The van der Waals surface area contributed by atoms with Gasteiger partial charge in [0.15, 0.2) is 0 Å². The van der Waals surface area contributed by atoms with Crippen LogP contribution < -0.4 is 0 Å². The number of carbonyl (C=O) groups is 1. The van der Waals surface area contributed by atoms with Crippen molar-refractivity contribution in [3.63, 3.8) is 0 Å². The topological polar surface area (TPSA) is 26.3 Å². The lowest BCUT2D eigenvalue weighted by Gasteiger charge is -2.19. The van der Waals surface area contributed by atoms with Crippen molar-refractivity contribution in [1.29, 1.82) is 0 Å². The lowest BCUT2D eigenvalue weighted by atomic mass is 10.5. The van der Waals surface area contributed by atoms with E-state index in [4.69, 9.17) is 0 Å². The molecule has 0 N–H and O–H groups in total. The molecule has 0 aromatic heterocycles. The summed E-state index contributed by atoms with van der Waals surface area (Å²) in [4.78, 5) is 10.8. The SMILES string of the molecule is CCOC(=O)C1=CC=C[SH]1C(F)(F)F. The van der Waals surface area contributed by atoms with E-state index < -0.39 is 22.4 Å². The number of hydrogen-bond donors (Lipinski definition) is 1. The number of halogens is 3.